The number of aryl methyl sites for hydroxylation is 1. The first-order chi connectivity index (χ1) is 16.1. The Hall–Kier alpha value is -2.89. The molecule has 1 amide bonds. The molecule has 2 N–H and O–H groups in total. The van der Waals surface area contributed by atoms with E-state index < -0.39 is 0 Å². The third-order valence-corrected chi connectivity index (χ3v) is 6.49. The van der Waals surface area contributed by atoms with Crippen LogP contribution in [0.15, 0.2) is 66.9 Å². The first kappa shape index (κ1) is 23.3. The molecule has 33 heavy (non-hydrogen) atoms. The number of nitrogens with zero attached hydrogens (tertiary/aromatic N) is 2. The van der Waals surface area contributed by atoms with Gasteiger partial charge in [-0.15, -0.1) is 0 Å². The van der Waals surface area contributed by atoms with Crippen LogP contribution in [-0.4, -0.2) is 35.4 Å². The van der Waals surface area contributed by atoms with Gasteiger partial charge in [0.25, 0.3) is 5.91 Å². The molecule has 4 rings (SSSR count). The molecule has 0 unspecified atom stereocenters. The average Bonchev–Trinajstić information content (AvgIpc) is 2.85. The summed E-state index contributed by atoms with van der Waals surface area (Å²) in [5.74, 6) is 0.894. The topological polar surface area (TPSA) is 57.3 Å². The molecular weight excluding hydrogens is 432 g/mol. The Morgan fingerprint density at radius 3 is 2.45 bits per heavy atom. The lowest BCUT2D eigenvalue weighted by atomic mass is 9.96. The number of carbonyl (C=O) groups is 1. The molecule has 0 bridgehead atoms. The van der Waals surface area contributed by atoms with E-state index in [0.717, 1.165) is 51.1 Å². The highest BCUT2D eigenvalue weighted by molar-refractivity contribution is 6.30. The fraction of sp³-hybridized carbons (Fsp3) is 0.333. The maximum Gasteiger partial charge on any atom is 0.258 e. The van der Waals surface area contributed by atoms with Gasteiger partial charge in [-0.2, -0.15) is 0 Å². The Morgan fingerprint density at radius 1 is 1.03 bits per heavy atom. The molecule has 2 aromatic carbocycles. The summed E-state index contributed by atoms with van der Waals surface area (Å²) in [6.45, 7) is 6.28. The normalized spacial score (nSPS) is 14.7. The van der Waals surface area contributed by atoms with E-state index in [1.54, 1.807) is 12.1 Å². The van der Waals surface area contributed by atoms with Gasteiger partial charge in [0, 0.05) is 25.0 Å². The smallest absolute Gasteiger partial charge is 0.258 e. The van der Waals surface area contributed by atoms with Gasteiger partial charge in [-0.05, 0) is 73.7 Å². The zero-order valence-corrected chi connectivity index (χ0v) is 19.8. The summed E-state index contributed by atoms with van der Waals surface area (Å²) in [6, 6.07) is 20.0. The van der Waals surface area contributed by atoms with Gasteiger partial charge in [-0.3, -0.25) is 9.69 Å². The van der Waals surface area contributed by atoms with Crippen molar-refractivity contribution >= 4 is 29.0 Å². The maximum atomic E-state index is 12.8. The van der Waals surface area contributed by atoms with Crippen molar-refractivity contribution in [3.05, 3.63) is 88.6 Å². The standard InChI is InChI=1S/C27H31ClN4O/c1-2-20-7-9-22(10-8-20)19-32-15-13-21(14-16-32)17-29-25-6-4-3-5-24(25)27(33)31-26-12-11-23(28)18-30-26/h3-12,18,21,29H,2,13-17,19H2,1H3,(H,30,31,33). The number of benzene rings is 2. The van der Waals surface area contributed by atoms with Gasteiger partial charge in [0.05, 0.1) is 10.6 Å². The van der Waals surface area contributed by atoms with Crippen LogP contribution in [-0.2, 0) is 13.0 Å². The van der Waals surface area contributed by atoms with Crippen LogP contribution < -0.4 is 10.6 Å². The Bertz CT molecular complexity index is 1040. The summed E-state index contributed by atoms with van der Waals surface area (Å²) in [5, 5.41) is 6.90. The second-order valence-electron chi connectivity index (χ2n) is 8.63. The van der Waals surface area contributed by atoms with Gasteiger partial charge < -0.3 is 10.6 Å². The predicted octanol–water partition coefficient (Wildman–Crippen LogP) is 5.87. The minimum atomic E-state index is -0.183. The van der Waals surface area contributed by atoms with E-state index >= 15 is 0 Å². The van der Waals surface area contributed by atoms with Gasteiger partial charge in [0.2, 0.25) is 0 Å². The van der Waals surface area contributed by atoms with Crippen LogP contribution >= 0.6 is 11.6 Å². The fourth-order valence-corrected chi connectivity index (χ4v) is 4.32. The number of hydrogen-bond acceptors (Lipinski definition) is 4. The van der Waals surface area contributed by atoms with E-state index in [1.807, 2.05) is 24.3 Å². The molecular formula is C27H31ClN4O. The number of nitrogens with one attached hydrogen (secondary N) is 2. The van der Waals surface area contributed by atoms with Crippen LogP contribution in [0.3, 0.4) is 0 Å². The zero-order chi connectivity index (χ0) is 23.0. The van der Waals surface area contributed by atoms with Gasteiger partial charge in [-0.25, -0.2) is 4.98 Å². The number of aromatic nitrogens is 1. The molecule has 1 saturated heterocycles. The number of amides is 1. The second-order valence-corrected chi connectivity index (χ2v) is 9.07. The fourth-order valence-electron chi connectivity index (χ4n) is 4.21. The SMILES string of the molecule is CCc1ccc(CN2CCC(CNc3ccccc3C(=O)Nc3ccc(Cl)cn3)CC2)cc1. The minimum absolute atomic E-state index is 0.183. The lowest BCUT2D eigenvalue weighted by Crippen LogP contribution is -2.35. The highest BCUT2D eigenvalue weighted by Gasteiger charge is 2.20. The third kappa shape index (κ3) is 6.56. The van der Waals surface area contributed by atoms with E-state index in [0.29, 0.717) is 22.3 Å². The van der Waals surface area contributed by atoms with Crippen molar-refractivity contribution < 1.29 is 4.79 Å². The van der Waals surface area contributed by atoms with Gasteiger partial charge in [0.15, 0.2) is 0 Å². The Labute approximate surface area is 201 Å². The number of hydrogen-bond donors (Lipinski definition) is 2. The Kier molecular flexibility index (Phi) is 7.97. The quantitative estimate of drug-likeness (QED) is 0.439. The number of anilines is 2. The van der Waals surface area contributed by atoms with Crippen molar-refractivity contribution in [2.75, 3.05) is 30.3 Å². The Morgan fingerprint density at radius 2 is 1.76 bits per heavy atom. The third-order valence-electron chi connectivity index (χ3n) is 6.27. The number of piperidine rings is 1. The van der Waals surface area contributed by atoms with Gasteiger partial charge in [0.1, 0.15) is 5.82 Å². The van der Waals surface area contributed by atoms with Gasteiger partial charge in [-0.1, -0.05) is 54.9 Å². The molecule has 3 aromatic rings. The van der Waals surface area contributed by atoms with Crippen molar-refractivity contribution in [1.82, 2.24) is 9.88 Å². The minimum Gasteiger partial charge on any atom is -0.384 e. The van der Waals surface area contributed by atoms with Crippen molar-refractivity contribution in [3.8, 4) is 0 Å². The largest absolute Gasteiger partial charge is 0.384 e. The zero-order valence-electron chi connectivity index (χ0n) is 19.1. The molecule has 1 fully saturated rings. The molecule has 0 aliphatic carbocycles. The second kappa shape index (κ2) is 11.3. The van der Waals surface area contributed by atoms with Crippen LogP contribution in [0.5, 0.6) is 0 Å². The van der Waals surface area contributed by atoms with Gasteiger partial charge >= 0.3 is 0 Å². The molecule has 5 nitrogen and oxygen atoms in total. The molecule has 0 radical (unpaired) electrons. The van der Waals surface area contributed by atoms with E-state index in [4.69, 9.17) is 11.6 Å². The molecule has 1 aliphatic rings. The molecule has 1 aromatic heterocycles. The molecule has 0 spiro atoms. The van der Waals surface area contributed by atoms with Crippen molar-refractivity contribution in [1.29, 1.82) is 0 Å². The number of carbonyl (C=O) groups excluding carboxylic acids is 1. The molecule has 0 atom stereocenters. The van der Waals surface area contributed by atoms with Crippen LogP contribution in [0, 0.1) is 5.92 Å². The van der Waals surface area contributed by atoms with E-state index in [1.165, 1.54) is 17.3 Å². The molecule has 1 aliphatic heterocycles. The lowest BCUT2D eigenvalue weighted by molar-refractivity contribution is 0.102. The Balaban J connectivity index is 1.27. The number of pyridine rings is 1. The first-order valence-electron chi connectivity index (χ1n) is 11.7. The number of likely N-dealkylation sites (tertiary alicyclic amines) is 1. The van der Waals surface area contributed by atoms with E-state index in [2.05, 4.69) is 51.7 Å². The first-order valence-corrected chi connectivity index (χ1v) is 12.0. The summed E-state index contributed by atoms with van der Waals surface area (Å²) in [7, 11) is 0. The monoisotopic (exact) mass is 462 g/mol. The highest BCUT2D eigenvalue weighted by atomic mass is 35.5. The summed E-state index contributed by atoms with van der Waals surface area (Å²) in [6.07, 6.45) is 4.92. The summed E-state index contributed by atoms with van der Waals surface area (Å²) in [5.41, 5.74) is 4.24. The predicted molar refractivity (Wildman–Crippen MR) is 136 cm³/mol. The number of para-hydroxylation sites is 1. The molecule has 6 heteroatoms. The van der Waals surface area contributed by atoms with Crippen LogP contribution in [0.2, 0.25) is 5.02 Å². The highest BCUT2D eigenvalue weighted by Crippen LogP contribution is 2.22. The molecule has 172 valence electrons. The summed E-state index contributed by atoms with van der Waals surface area (Å²) in [4.78, 5) is 19.5. The number of halogens is 1. The van der Waals surface area contributed by atoms with E-state index in [9.17, 15) is 4.79 Å². The summed E-state index contributed by atoms with van der Waals surface area (Å²) < 4.78 is 0. The van der Waals surface area contributed by atoms with Crippen LogP contribution in [0.4, 0.5) is 11.5 Å². The lowest BCUT2D eigenvalue weighted by Gasteiger charge is -2.32. The van der Waals surface area contributed by atoms with E-state index in [-0.39, 0.29) is 5.91 Å². The van der Waals surface area contributed by atoms with Crippen molar-refractivity contribution in [2.24, 2.45) is 5.92 Å². The van der Waals surface area contributed by atoms with Crippen molar-refractivity contribution in [2.45, 2.75) is 32.7 Å². The van der Waals surface area contributed by atoms with Crippen LogP contribution in [0.1, 0.15) is 41.3 Å². The molecule has 2 heterocycles. The number of rotatable bonds is 8. The maximum absolute atomic E-state index is 12.8. The molecule has 0 saturated carbocycles. The average molecular weight is 463 g/mol. The summed E-state index contributed by atoms with van der Waals surface area (Å²) >= 11 is 5.88. The van der Waals surface area contributed by atoms with Crippen LogP contribution in [0.25, 0.3) is 0 Å². The van der Waals surface area contributed by atoms with Crippen molar-refractivity contribution in [3.63, 3.8) is 0 Å².